The number of carbonyl (C=O) groups is 1. The van der Waals surface area contributed by atoms with Crippen molar-refractivity contribution < 1.29 is 18.7 Å². The molecule has 0 radical (unpaired) electrons. The third kappa shape index (κ3) is 4.10. The predicted molar refractivity (Wildman–Crippen MR) is 104 cm³/mol. The third-order valence-electron chi connectivity index (χ3n) is 4.96. The Morgan fingerprint density at radius 1 is 1.21 bits per heavy atom. The van der Waals surface area contributed by atoms with Crippen LogP contribution in [0, 0.1) is 0 Å². The van der Waals surface area contributed by atoms with Crippen molar-refractivity contribution in [2.45, 2.75) is 30.4 Å². The Morgan fingerprint density at radius 3 is 2.71 bits per heavy atom. The van der Waals surface area contributed by atoms with Crippen molar-refractivity contribution in [3.8, 4) is 11.5 Å². The van der Waals surface area contributed by atoms with Gasteiger partial charge in [-0.15, -0.1) is 10.2 Å². The zero-order valence-corrected chi connectivity index (χ0v) is 16.9. The maximum atomic E-state index is 12.7. The van der Waals surface area contributed by atoms with E-state index in [-0.39, 0.29) is 11.2 Å². The molecule has 2 atom stereocenters. The number of hydrogen-bond donors (Lipinski definition) is 0. The van der Waals surface area contributed by atoms with Crippen LogP contribution in [0.2, 0.25) is 0 Å². The van der Waals surface area contributed by atoms with Crippen LogP contribution < -0.4 is 9.47 Å². The summed E-state index contributed by atoms with van der Waals surface area (Å²) in [6.07, 6.45) is -0.454. The highest BCUT2D eigenvalue weighted by Gasteiger charge is 2.29. The molecule has 2 aromatic rings. The van der Waals surface area contributed by atoms with E-state index >= 15 is 0 Å². The summed E-state index contributed by atoms with van der Waals surface area (Å²) < 4.78 is 17.3. The quantitative estimate of drug-likeness (QED) is 0.702. The molecule has 3 heterocycles. The second-order valence-electron chi connectivity index (χ2n) is 6.79. The fourth-order valence-corrected chi connectivity index (χ4v) is 4.06. The Bertz CT molecular complexity index is 822. The predicted octanol–water partition coefficient (Wildman–Crippen LogP) is 2.23. The zero-order valence-electron chi connectivity index (χ0n) is 16.0. The molecule has 2 unspecified atom stereocenters. The Labute approximate surface area is 168 Å². The van der Waals surface area contributed by atoms with Gasteiger partial charge in [0.15, 0.2) is 11.5 Å². The lowest BCUT2D eigenvalue weighted by molar-refractivity contribution is -0.132. The fourth-order valence-electron chi connectivity index (χ4n) is 3.28. The van der Waals surface area contributed by atoms with E-state index < -0.39 is 6.10 Å². The summed E-state index contributed by atoms with van der Waals surface area (Å²) >= 11 is 1.28. The lowest BCUT2D eigenvalue weighted by Gasteiger charge is -2.35. The van der Waals surface area contributed by atoms with Gasteiger partial charge in [0.25, 0.3) is 11.1 Å². The Kier molecular flexibility index (Phi) is 5.72. The number of carbonyl (C=O) groups excluding carboxylic acids is 1. The summed E-state index contributed by atoms with van der Waals surface area (Å²) in [6, 6.07) is 7.47. The number of thioether (sulfide) groups is 1. The molecule has 2 aliphatic heterocycles. The van der Waals surface area contributed by atoms with Crippen LogP contribution in [0.15, 0.2) is 33.9 Å². The molecular formula is C19H24N4O4S. The van der Waals surface area contributed by atoms with Gasteiger partial charge in [-0.25, -0.2) is 0 Å². The molecule has 1 saturated heterocycles. The molecule has 0 spiro atoms. The average molecular weight is 404 g/mol. The lowest BCUT2D eigenvalue weighted by Crippen LogP contribution is -2.50. The summed E-state index contributed by atoms with van der Waals surface area (Å²) in [7, 11) is 0. The van der Waals surface area contributed by atoms with Gasteiger partial charge < -0.3 is 23.7 Å². The number of ether oxygens (including phenoxy) is 2. The van der Waals surface area contributed by atoms with Crippen molar-refractivity contribution in [2.24, 2.45) is 0 Å². The van der Waals surface area contributed by atoms with Crippen LogP contribution in [0.1, 0.15) is 25.8 Å². The minimum absolute atomic E-state index is 0.103. The van der Waals surface area contributed by atoms with E-state index in [0.29, 0.717) is 29.2 Å². The highest BCUT2D eigenvalue weighted by Crippen LogP contribution is 2.36. The van der Waals surface area contributed by atoms with Crippen LogP contribution in [-0.4, -0.2) is 70.5 Å². The second kappa shape index (κ2) is 8.40. The molecule has 9 heteroatoms. The molecule has 1 fully saturated rings. The molecule has 1 amide bonds. The summed E-state index contributed by atoms with van der Waals surface area (Å²) in [4.78, 5) is 17.0. The first-order valence-corrected chi connectivity index (χ1v) is 10.4. The van der Waals surface area contributed by atoms with Crippen LogP contribution in [-0.2, 0) is 4.79 Å². The normalized spacial score (nSPS) is 20.8. The molecule has 28 heavy (non-hydrogen) atoms. The molecule has 1 aromatic carbocycles. The number of piperazine rings is 1. The van der Waals surface area contributed by atoms with Gasteiger partial charge in [0, 0.05) is 26.2 Å². The number of aromatic nitrogens is 2. The van der Waals surface area contributed by atoms with Gasteiger partial charge in [-0.05, 0) is 25.6 Å². The third-order valence-corrected chi connectivity index (χ3v) is 5.88. The van der Waals surface area contributed by atoms with Crippen molar-refractivity contribution >= 4 is 17.7 Å². The minimum atomic E-state index is -0.454. The van der Waals surface area contributed by atoms with Crippen molar-refractivity contribution in [1.29, 1.82) is 0 Å². The Morgan fingerprint density at radius 2 is 1.96 bits per heavy atom. The summed E-state index contributed by atoms with van der Waals surface area (Å²) in [5, 5.41) is 8.24. The Hall–Kier alpha value is -2.26. The smallest absolute Gasteiger partial charge is 0.277 e. The fraction of sp³-hybridized carbons (Fsp3) is 0.526. The van der Waals surface area contributed by atoms with Gasteiger partial charge in [-0.1, -0.05) is 30.8 Å². The molecule has 0 saturated carbocycles. The van der Waals surface area contributed by atoms with E-state index in [1.165, 1.54) is 11.8 Å². The SMILES string of the molecule is CCN1CCN(C(=O)C(C)Sc2nnc(C3COc4ccccc4O3)o2)CC1. The first-order valence-electron chi connectivity index (χ1n) is 9.53. The first kappa shape index (κ1) is 19.1. The van der Waals surface area contributed by atoms with Crippen LogP contribution in [0.3, 0.4) is 0 Å². The molecule has 1 aromatic heterocycles. The first-order chi connectivity index (χ1) is 13.6. The van der Waals surface area contributed by atoms with Crippen LogP contribution in [0.25, 0.3) is 0 Å². The van der Waals surface area contributed by atoms with Gasteiger partial charge in [-0.3, -0.25) is 4.79 Å². The molecule has 0 N–H and O–H groups in total. The van der Waals surface area contributed by atoms with E-state index in [1.807, 2.05) is 36.1 Å². The monoisotopic (exact) mass is 404 g/mol. The minimum Gasteiger partial charge on any atom is -0.485 e. The standard InChI is InChI=1S/C19H24N4O4S/c1-3-22-8-10-23(11-9-22)18(24)13(2)28-19-21-20-17(27-19)16-12-25-14-6-4-5-7-15(14)26-16/h4-7,13,16H,3,8-12H2,1-2H3. The van der Waals surface area contributed by atoms with Crippen LogP contribution >= 0.6 is 11.8 Å². The number of benzene rings is 1. The molecule has 4 rings (SSSR count). The number of fused-ring (bicyclic) bond motifs is 1. The maximum Gasteiger partial charge on any atom is 0.277 e. The summed E-state index contributed by atoms with van der Waals surface area (Å²) in [5.74, 6) is 1.82. The zero-order chi connectivity index (χ0) is 19.5. The number of para-hydroxylation sites is 2. The van der Waals surface area contributed by atoms with Gasteiger partial charge in [-0.2, -0.15) is 0 Å². The van der Waals surface area contributed by atoms with E-state index in [2.05, 4.69) is 22.0 Å². The van der Waals surface area contributed by atoms with E-state index in [4.69, 9.17) is 13.9 Å². The number of rotatable bonds is 5. The van der Waals surface area contributed by atoms with Crippen molar-refractivity contribution in [1.82, 2.24) is 20.0 Å². The highest BCUT2D eigenvalue weighted by atomic mass is 32.2. The number of likely N-dealkylation sites (N-methyl/N-ethyl adjacent to an activating group) is 1. The van der Waals surface area contributed by atoms with Gasteiger partial charge in [0.2, 0.25) is 12.0 Å². The van der Waals surface area contributed by atoms with Gasteiger partial charge in [0.05, 0.1) is 5.25 Å². The maximum absolute atomic E-state index is 12.7. The molecular weight excluding hydrogens is 380 g/mol. The lowest BCUT2D eigenvalue weighted by atomic mass is 10.2. The molecule has 150 valence electrons. The molecule has 8 nitrogen and oxygen atoms in total. The number of hydrogen-bond acceptors (Lipinski definition) is 8. The van der Waals surface area contributed by atoms with Crippen molar-refractivity contribution in [3.63, 3.8) is 0 Å². The summed E-state index contributed by atoms with van der Waals surface area (Å²) in [5.41, 5.74) is 0. The van der Waals surface area contributed by atoms with Gasteiger partial charge >= 0.3 is 0 Å². The topological polar surface area (TPSA) is 80.9 Å². The van der Waals surface area contributed by atoms with Crippen LogP contribution in [0.4, 0.5) is 0 Å². The average Bonchev–Trinajstić information content (AvgIpc) is 3.21. The highest BCUT2D eigenvalue weighted by molar-refractivity contribution is 8.00. The second-order valence-corrected chi connectivity index (χ2v) is 8.08. The summed E-state index contributed by atoms with van der Waals surface area (Å²) in [6.45, 7) is 8.71. The van der Waals surface area contributed by atoms with E-state index in [9.17, 15) is 4.79 Å². The van der Waals surface area contributed by atoms with Crippen LogP contribution in [0.5, 0.6) is 11.5 Å². The largest absolute Gasteiger partial charge is 0.485 e. The molecule has 0 aliphatic carbocycles. The Balaban J connectivity index is 1.34. The molecule has 2 aliphatic rings. The van der Waals surface area contributed by atoms with Crippen molar-refractivity contribution in [3.05, 3.63) is 30.2 Å². The van der Waals surface area contributed by atoms with E-state index in [1.54, 1.807) is 0 Å². The number of nitrogens with zero attached hydrogens (tertiary/aromatic N) is 4. The van der Waals surface area contributed by atoms with E-state index in [0.717, 1.165) is 32.7 Å². The molecule has 0 bridgehead atoms. The van der Waals surface area contributed by atoms with Crippen molar-refractivity contribution in [2.75, 3.05) is 39.3 Å². The van der Waals surface area contributed by atoms with Gasteiger partial charge in [0.1, 0.15) is 6.61 Å². The number of amides is 1.